The number of hydrogen-bond donors (Lipinski definition) is 0. The highest BCUT2D eigenvalue weighted by molar-refractivity contribution is 7.95. The SMILES string of the molecule is N#C/C(=C\c1ccc(N2CCCCC2)cc1)S(=O)(=O)c1ccc(F)cc1. The summed E-state index contributed by atoms with van der Waals surface area (Å²) in [5.74, 6) is -0.528. The number of sulfone groups is 1. The van der Waals surface area contributed by atoms with Crippen LogP contribution in [0.3, 0.4) is 0 Å². The van der Waals surface area contributed by atoms with E-state index in [1.165, 1.54) is 25.3 Å². The summed E-state index contributed by atoms with van der Waals surface area (Å²) in [6.07, 6.45) is 4.95. The summed E-state index contributed by atoms with van der Waals surface area (Å²) < 4.78 is 38.2. The molecule has 0 radical (unpaired) electrons. The van der Waals surface area contributed by atoms with Gasteiger partial charge >= 0.3 is 0 Å². The third-order valence-electron chi connectivity index (χ3n) is 4.44. The van der Waals surface area contributed by atoms with Crippen molar-refractivity contribution in [2.45, 2.75) is 24.2 Å². The molecular formula is C20H19FN2O2S. The first-order valence-corrected chi connectivity index (χ1v) is 9.96. The van der Waals surface area contributed by atoms with Crippen molar-refractivity contribution in [1.82, 2.24) is 0 Å². The summed E-state index contributed by atoms with van der Waals surface area (Å²) in [6, 6.07) is 13.7. The molecule has 0 aromatic heterocycles. The Labute approximate surface area is 153 Å². The van der Waals surface area contributed by atoms with Gasteiger partial charge in [0.15, 0.2) is 0 Å². The summed E-state index contributed by atoms with van der Waals surface area (Å²) >= 11 is 0. The Kier molecular flexibility index (Phi) is 5.38. The fourth-order valence-electron chi connectivity index (χ4n) is 3.00. The van der Waals surface area contributed by atoms with Crippen LogP contribution in [-0.2, 0) is 9.84 Å². The first-order chi connectivity index (χ1) is 12.5. The molecule has 26 heavy (non-hydrogen) atoms. The van der Waals surface area contributed by atoms with Gasteiger partial charge in [0.25, 0.3) is 0 Å². The first-order valence-electron chi connectivity index (χ1n) is 8.48. The molecular weight excluding hydrogens is 351 g/mol. The quantitative estimate of drug-likeness (QED) is 0.599. The molecule has 0 atom stereocenters. The van der Waals surface area contributed by atoms with E-state index in [1.807, 2.05) is 24.3 Å². The van der Waals surface area contributed by atoms with Crippen molar-refractivity contribution in [3.63, 3.8) is 0 Å². The number of nitriles is 1. The van der Waals surface area contributed by atoms with Crippen LogP contribution in [0.4, 0.5) is 10.1 Å². The van der Waals surface area contributed by atoms with Crippen LogP contribution in [0.15, 0.2) is 58.3 Å². The molecule has 0 bridgehead atoms. The van der Waals surface area contributed by atoms with Crippen molar-refractivity contribution in [3.05, 3.63) is 64.8 Å². The molecule has 0 saturated carbocycles. The monoisotopic (exact) mass is 370 g/mol. The van der Waals surface area contributed by atoms with E-state index in [0.717, 1.165) is 43.0 Å². The average molecular weight is 370 g/mol. The van der Waals surface area contributed by atoms with Crippen LogP contribution < -0.4 is 4.90 Å². The number of halogens is 1. The van der Waals surface area contributed by atoms with E-state index in [-0.39, 0.29) is 9.80 Å². The number of benzene rings is 2. The molecule has 1 heterocycles. The normalized spacial score (nSPS) is 15.5. The highest BCUT2D eigenvalue weighted by atomic mass is 32.2. The van der Waals surface area contributed by atoms with Crippen LogP contribution in [0.5, 0.6) is 0 Å². The fourth-order valence-corrected chi connectivity index (χ4v) is 4.16. The number of rotatable bonds is 4. The number of allylic oxidation sites excluding steroid dienone is 1. The zero-order valence-corrected chi connectivity index (χ0v) is 15.0. The molecule has 3 rings (SSSR count). The maximum atomic E-state index is 13.0. The topological polar surface area (TPSA) is 61.2 Å². The van der Waals surface area contributed by atoms with Gasteiger partial charge in [-0.15, -0.1) is 0 Å². The lowest BCUT2D eigenvalue weighted by molar-refractivity contribution is 0.578. The number of nitrogens with zero attached hydrogens (tertiary/aromatic N) is 2. The highest BCUT2D eigenvalue weighted by Crippen LogP contribution is 2.24. The molecule has 2 aromatic carbocycles. The molecule has 2 aromatic rings. The third-order valence-corrected chi connectivity index (χ3v) is 6.12. The van der Waals surface area contributed by atoms with Crippen LogP contribution in [0, 0.1) is 17.1 Å². The number of hydrogen-bond acceptors (Lipinski definition) is 4. The zero-order chi connectivity index (χ0) is 18.6. The number of piperidine rings is 1. The van der Waals surface area contributed by atoms with Gasteiger partial charge in [0.05, 0.1) is 4.90 Å². The fraction of sp³-hybridized carbons (Fsp3) is 0.250. The minimum atomic E-state index is -3.97. The molecule has 6 heteroatoms. The molecule has 0 amide bonds. The lowest BCUT2D eigenvalue weighted by atomic mass is 10.1. The van der Waals surface area contributed by atoms with Gasteiger partial charge in [0, 0.05) is 18.8 Å². The molecule has 1 aliphatic heterocycles. The number of anilines is 1. The van der Waals surface area contributed by atoms with Crippen molar-refractivity contribution >= 4 is 21.6 Å². The van der Waals surface area contributed by atoms with Gasteiger partial charge in [-0.1, -0.05) is 12.1 Å². The lowest BCUT2D eigenvalue weighted by Gasteiger charge is -2.28. The minimum Gasteiger partial charge on any atom is -0.372 e. The molecule has 1 fully saturated rings. The Hall–Kier alpha value is -2.65. The van der Waals surface area contributed by atoms with E-state index in [0.29, 0.717) is 5.56 Å². The van der Waals surface area contributed by atoms with Gasteiger partial charge in [0.2, 0.25) is 9.84 Å². The van der Waals surface area contributed by atoms with Gasteiger partial charge in [0.1, 0.15) is 16.8 Å². The zero-order valence-electron chi connectivity index (χ0n) is 14.2. The predicted octanol–water partition coefficient (Wildman–Crippen LogP) is 4.15. The standard InChI is InChI=1S/C20H19FN2O2S/c21-17-6-10-19(11-7-17)26(24,25)20(15-22)14-16-4-8-18(9-5-16)23-12-2-1-3-13-23/h4-11,14H,1-3,12-13H2/b20-14+. The molecule has 134 valence electrons. The van der Waals surface area contributed by atoms with E-state index < -0.39 is 15.7 Å². The highest BCUT2D eigenvalue weighted by Gasteiger charge is 2.21. The van der Waals surface area contributed by atoms with Gasteiger partial charge in [-0.25, -0.2) is 12.8 Å². The van der Waals surface area contributed by atoms with Gasteiger partial charge in [-0.2, -0.15) is 5.26 Å². The summed E-state index contributed by atoms with van der Waals surface area (Å²) in [4.78, 5) is 1.84. The Bertz CT molecular complexity index is 937. The smallest absolute Gasteiger partial charge is 0.216 e. The third kappa shape index (κ3) is 3.94. The van der Waals surface area contributed by atoms with Crippen molar-refractivity contribution in [3.8, 4) is 6.07 Å². The summed E-state index contributed by atoms with van der Waals surface area (Å²) in [6.45, 7) is 2.05. The van der Waals surface area contributed by atoms with E-state index in [2.05, 4.69) is 4.90 Å². The predicted molar refractivity (Wildman–Crippen MR) is 99.7 cm³/mol. The second-order valence-corrected chi connectivity index (χ2v) is 8.14. The Morgan fingerprint density at radius 3 is 2.19 bits per heavy atom. The molecule has 0 aliphatic carbocycles. The second-order valence-electron chi connectivity index (χ2n) is 6.22. The van der Waals surface area contributed by atoms with E-state index in [4.69, 9.17) is 0 Å². The Balaban J connectivity index is 1.86. The molecule has 0 N–H and O–H groups in total. The molecule has 0 spiro atoms. The lowest BCUT2D eigenvalue weighted by Crippen LogP contribution is -2.29. The summed E-state index contributed by atoms with van der Waals surface area (Å²) in [5.41, 5.74) is 1.73. The van der Waals surface area contributed by atoms with E-state index in [1.54, 1.807) is 6.07 Å². The maximum absolute atomic E-state index is 13.0. The minimum absolute atomic E-state index is 0.100. The van der Waals surface area contributed by atoms with E-state index in [9.17, 15) is 18.1 Å². The van der Waals surface area contributed by atoms with Crippen LogP contribution >= 0.6 is 0 Å². The van der Waals surface area contributed by atoms with Crippen LogP contribution in [0.2, 0.25) is 0 Å². The van der Waals surface area contributed by atoms with Crippen LogP contribution in [0.25, 0.3) is 6.08 Å². The molecule has 1 aliphatic rings. The van der Waals surface area contributed by atoms with Crippen molar-refractivity contribution in [2.75, 3.05) is 18.0 Å². The van der Waals surface area contributed by atoms with E-state index >= 15 is 0 Å². The van der Waals surface area contributed by atoms with Crippen LogP contribution in [0.1, 0.15) is 24.8 Å². The van der Waals surface area contributed by atoms with Gasteiger partial charge in [-0.05, 0) is 67.3 Å². The van der Waals surface area contributed by atoms with Gasteiger partial charge in [-0.3, -0.25) is 0 Å². The maximum Gasteiger partial charge on any atom is 0.216 e. The first kappa shape index (κ1) is 18.2. The second kappa shape index (κ2) is 7.71. The van der Waals surface area contributed by atoms with Crippen molar-refractivity contribution in [1.29, 1.82) is 5.26 Å². The Morgan fingerprint density at radius 1 is 1.00 bits per heavy atom. The van der Waals surface area contributed by atoms with Gasteiger partial charge < -0.3 is 4.90 Å². The van der Waals surface area contributed by atoms with Crippen molar-refractivity contribution in [2.24, 2.45) is 0 Å². The molecule has 0 unspecified atom stereocenters. The van der Waals surface area contributed by atoms with Crippen LogP contribution in [-0.4, -0.2) is 21.5 Å². The Morgan fingerprint density at radius 2 is 1.62 bits per heavy atom. The molecule has 4 nitrogen and oxygen atoms in total. The average Bonchev–Trinajstić information content (AvgIpc) is 2.67. The summed E-state index contributed by atoms with van der Waals surface area (Å²) in [5, 5.41) is 9.32. The van der Waals surface area contributed by atoms with Crippen molar-refractivity contribution < 1.29 is 12.8 Å². The summed E-state index contributed by atoms with van der Waals surface area (Å²) in [7, 11) is -3.97. The largest absolute Gasteiger partial charge is 0.372 e. The molecule has 1 saturated heterocycles.